The van der Waals surface area contributed by atoms with Crippen LogP contribution in [0.25, 0.3) is 10.9 Å². The third kappa shape index (κ3) is 3.71. The van der Waals surface area contributed by atoms with E-state index in [0.29, 0.717) is 28.9 Å². The summed E-state index contributed by atoms with van der Waals surface area (Å²) in [4.78, 5) is 8.31. The second-order valence-electron chi connectivity index (χ2n) is 5.91. The monoisotopic (exact) mass is 305 g/mol. The number of aliphatic hydroxyl groups excluding tert-OH is 1. The number of hydrogen-bond donors (Lipinski definition) is 2. The van der Waals surface area contributed by atoms with Gasteiger partial charge in [-0.25, -0.2) is 14.4 Å². The maximum Gasteiger partial charge on any atom is 0.220 e. The Kier molecular flexibility index (Phi) is 5.66. The zero-order valence-electron chi connectivity index (χ0n) is 13.2. The van der Waals surface area contributed by atoms with Crippen molar-refractivity contribution in [2.45, 2.75) is 39.5 Å². The molecule has 0 spiro atoms. The highest BCUT2D eigenvalue weighted by molar-refractivity contribution is 5.82. The van der Waals surface area contributed by atoms with Crippen LogP contribution in [0.15, 0.2) is 18.2 Å². The van der Waals surface area contributed by atoms with Gasteiger partial charge in [-0.1, -0.05) is 32.8 Å². The lowest BCUT2D eigenvalue weighted by atomic mass is 9.86. The Bertz CT molecular complexity index is 633. The van der Waals surface area contributed by atoms with E-state index in [1.54, 1.807) is 12.1 Å². The highest BCUT2D eigenvalue weighted by Gasteiger charge is 2.18. The SMILES string of the molecule is CCC[C@H](C)[C@H](CO)CCc1nc(N)nc2cccc(F)c12. The van der Waals surface area contributed by atoms with Crippen LogP contribution in [0.4, 0.5) is 10.3 Å². The molecular weight excluding hydrogens is 281 g/mol. The van der Waals surface area contributed by atoms with Crippen LogP contribution >= 0.6 is 0 Å². The Morgan fingerprint density at radius 1 is 1.27 bits per heavy atom. The van der Waals surface area contributed by atoms with Crippen molar-refractivity contribution < 1.29 is 9.50 Å². The van der Waals surface area contributed by atoms with Crippen molar-refractivity contribution in [2.24, 2.45) is 11.8 Å². The molecule has 0 amide bonds. The largest absolute Gasteiger partial charge is 0.396 e. The maximum atomic E-state index is 14.1. The molecule has 1 aromatic heterocycles. The van der Waals surface area contributed by atoms with Crippen LogP contribution in [-0.2, 0) is 6.42 Å². The van der Waals surface area contributed by atoms with Gasteiger partial charge in [0, 0.05) is 6.61 Å². The number of aryl methyl sites for hydroxylation is 1. The molecule has 1 aromatic carbocycles. The molecule has 0 aliphatic carbocycles. The van der Waals surface area contributed by atoms with E-state index in [2.05, 4.69) is 23.8 Å². The van der Waals surface area contributed by atoms with Gasteiger partial charge >= 0.3 is 0 Å². The number of nitrogens with zero attached hydrogens (tertiary/aromatic N) is 2. The Morgan fingerprint density at radius 2 is 2.05 bits per heavy atom. The minimum atomic E-state index is -0.324. The van der Waals surface area contributed by atoms with Crippen LogP contribution in [0, 0.1) is 17.7 Å². The van der Waals surface area contributed by atoms with Crippen LogP contribution < -0.4 is 5.73 Å². The minimum Gasteiger partial charge on any atom is -0.396 e. The van der Waals surface area contributed by atoms with Gasteiger partial charge in [-0.15, -0.1) is 0 Å². The fourth-order valence-corrected chi connectivity index (χ4v) is 2.98. The molecule has 0 unspecified atom stereocenters. The lowest BCUT2D eigenvalue weighted by Gasteiger charge is -2.21. The highest BCUT2D eigenvalue weighted by atomic mass is 19.1. The normalized spacial score (nSPS) is 14.2. The maximum absolute atomic E-state index is 14.1. The van der Waals surface area contributed by atoms with Gasteiger partial charge < -0.3 is 10.8 Å². The number of aromatic nitrogens is 2. The summed E-state index contributed by atoms with van der Waals surface area (Å²) in [6, 6.07) is 4.77. The van der Waals surface area contributed by atoms with Crippen molar-refractivity contribution in [3.8, 4) is 0 Å². The quantitative estimate of drug-likeness (QED) is 0.823. The number of fused-ring (bicyclic) bond motifs is 1. The zero-order chi connectivity index (χ0) is 16.1. The lowest BCUT2D eigenvalue weighted by molar-refractivity contribution is 0.168. The van der Waals surface area contributed by atoms with Crippen molar-refractivity contribution in [2.75, 3.05) is 12.3 Å². The number of aliphatic hydroxyl groups is 1. The van der Waals surface area contributed by atoms with Gasteiger partial charge in [-0.2, -0.15) is 0 Å². The van der Waals surface area contributed by atoms with E-state index in [0.717, 1.165) is 19.3 Å². The molecule has 3 N–H and O–H groups in total. The second kappa shape index (κ2) is 7.49. The first-order chi connectivity index (χ1) is 10.6. The van der Waals surface area contributed by atoms with Gasteiger partial charge in [-0.05, 0) is 36.8 Å². The molecule has 2 aromatic rings. The smallest absolute Gasteiger partial charge is 0.220 e. The number of nitrogens with two attached hydrogens (primary N) is 1. The predicted molar refractivity (Wildman–Crippen MR) is 86.9 cm³/mol. The van der Waals surface area contributed by atoms with Crippen LogP contribution in [0.5, 0.6) is 0 Å². The first-order valence-electron chi connectivity index (χ1n) is 7.88. The van der Waals surface area contributed by atoms with E-state index < -0.39 is 0 Å². The number of hydrogen-bond acceptors (Lipinski definition) is 4. The topological polar surface area (TPSA) is 72.0 Å². The van der Waals surface area contributed by atoms with E-state index in [1.165, 1.54) is 6.07 Å². The van der Waals surface area contributed by atoms with Crippen LogP contribution in [0.2, 0.25) is 0 Å². The molecule has 1 heterocycles. The summed E-state index contributed by atoms with van der Waals surface area (Å²) in [5, 5.41) is 10.0. The summed E-state index contributed by atoms with van der Waals surface area (Å²) in [5.74, 6) is 0.466. The molecule has 0 radical (unpaired) electrons. The van der Waals surface area contributed by atoms with Crippen LogP contribution in [0.3, 0.4) is 0 Å². The fraction of sp³-hybridized carbons (Fsp3) is 0.529. The van der Waals surface area contributed by atoms with Crippen molar-refractivity contribution in [3.05, 3.63) is 29.7 Å². The lowest BCUT2D eigenvalue weighted by Crippen LogP contribution is -2.17. The molecule has 120 valence electrons. The summed E-state index contributed by atoms with van der Waals surface area (Å²) >= 11 is 0. The molecule has 0 aliphatic rings. The van der Waals surface area contributed by atoms with Crippen LogP contribution in [-0.4, -0.2) is 21.7 Å². The summed E-state index contributed by atoms with van der Waals surface area (Å²) < 4.78 is 14.1. The molecule has 2 atom stereocenters. The first-order valence-corrected chi connectivity index (χ1v) is 7.88. The molecule has 4 nitrogen and oxygen atoms in total. The van der Waals surface area contributed by atoms with Gasteiger partial charge in [-0.3, -0.25) is 0 Å². The Labute approximate surface area is 130 Å². The minimum absolute atomic E-state index is 0.141. The van der Waals surface area contributed by atoms with Gasteiger partial charge in [0.25, 0.3) is 0 Å². The molecule has 5 heteroatoms. The Balaban J connectivity index is 2.24. The molecule has 22 heavy (non-hydrogen) atoms. The average molecular weight is 305 g/mol. The van der Waals surface area contributed by atoms with Crippen LogP contribution in [0.1, 0.15) is 38.8 Å². The predicted octanol–water partition coefficient (Wildman–Crippen LogP) is 3.33. The fourth-order valence-electron chi connectivity index (χ4n) is 2.98. The standard InChI is InChI=1S/C17H24FN3O/c1-3-5-11(2)12(10-22)8-9-15-16-13(18)6-4-7-14(16)20-17(19)21-15/h4,6-7,11-12,22H,3,5,8-10H2,1-2H3,(H2,19,20,21)/t11-,12-/m0/s1. The summed E-state index contributed by atoms with van der Waals surface area (Å²) in [7, 11) is 0. The van der Waals surface area contributed by atoms with E-state index >= 15 is 0 Å². The average Bonchev–Trinajstić information content (AvgIpc) is 2.47. The molecular formula is C17H24FN3O. The highest BCUT2D eigenvalue weighted by Crippen LogP contribution is 2.25. The number of benzene rings is 1. The van der Waals surface area contributed by atoms with E-state index in [4.69, 9.17) is 5.73 Å². The molecule has 0 fully saturated rings. The third-order valence-electron chi connectivity index (χ3n) is 4.30. The van der Waals surface area contributed by atoms with Crippen molar-refractivity contribution >= 4 is 16.9 Å². The van der Waals surface area contributed by atoms with Gasteiger partial charge in [0.05, 0.1) is 16.6 Å². The zero-order valence-corrected chi connectivity index (χ0v) is 13.2. The van der Waals surface area contributed by atoms with Crippen molar-refractivity contribution in [1.82, 2.24) is 9.97 Å². The molecule has 0 saturated carbocycles. The first kappa shape index (κ1) is 16.6. The molecule has 0 bridgehead atoms. The van der Waals surface area contributed by atoms with Crippen molar-refractivity contribution in [1.29, 1.82) is 0 Å². The summed E-state index contributed by atoms with van der Waals surface area (Å²) in [6.07, 6.45) is 3.52. The van der Waals surface area contributed by atoms with E-state index in [1.807, 2.05) is 0 Å². The van der Waals surface area contributed by atoms with Crippen molar-refractivity contribution in [3.63, 3.8) is 0 Å². The van der Waals surface area contributed by atoms with E-state index in [9.17, 15) is 9.50 Å². The molecule has 0 aliphatic heterocycles. The molecule has 0 saturated heterocycles. The van der Waals surface area contributed by atoms with Gasteiger partial charge in [0.1, 0.15) is 5.82 Å². The number of halogens is 1. The summed E-state index contributed by atoms with van der Waals surface area (Å²) in [6.45, 7) is 4.43. The van der Waals surface area contributed by atoms with Gasteiger partial charge in [0.2, 0.25) is 5.95 Å². The molecule has 2 rings (SSSR count). The summed E-state index contributed by atoms with van der Waals surface area (Å²) in [5.41, 5.74) is 6.89. The number of nitrogen functional groups attached to an aromatic ring is 1. The second-order valence-corrected chi connectivity index (χ2v) is 5.91. The Morgan fingerprint density at radius 3 is 2.73 bits per heavy atom. The third-order valence-corrected chi connectivity index (χ3v) is 4.30. The number of anilines is 1. The number of rotatable bonds is 7. The van der Waals surface area contributed by atoms with E-state index in [-0.39, 0.29) is 24.3 Å². The Hall–Kier alpha value is -1.75. The van der Waals surface area contributed by atoms with Gasteiger partial charge in [0.15, 0.2) is 0 Å².